The van der Waals surface area contributed by atoms with Crippen LogP contribution in [0.4, 0.5) is 13.2 Å². The van der Waals surface area contributed by atoms with Crippen LogP contribution in [0, 0.1) is 0 Å². The molecule has 0 aliphatic rings. The molecule has 0 aliphatic carbocycles. The lowest BCUT2D eigenvalue weighted by Crippen LogP contribution is -2.17. The van der Waals surface area contributed by atoms with E-state index in [4.69, 9.17) is 5.11 Å². The van der Waals surface area contributed by atoms with E-state index in [0.29, 0.717) is 10.7 Å². The van der Waals surface area contributed by atoms with Crippen LogP contribution in [0.5, 0.6) is 5.75 Å². The average molecular weight is 369 g/mol. The maximum atomic E-state index is 12.5. The first-order valence-corrected chi connectivity index (χ1v) is 7.75. The summed E-state index contributed by atoms with van der Waals surface area (Å²) in [5.74, 6) is -1.43. The summed E-state index contributed by atoms with van der Waals surface area (Å²) in [6.07, 6.45) is -2.23. The number of carbonyl (C=O) groups is 1. The summed E-state index contributed by atoms with van der Waals surface area (Å²) >= 11 is 1.23. The van der Waals surface area contributed by atoms with E-state index >= 15 is 0 Å². The number of aromatic nitrogens is 3. The summed E-state index contributed by atoms with van der Waals surface area (Å²) in [6.45, 7) is 0.209. The van der Waals surface area contributed by atoms with E-state index < -0.39 is 12.3 Å². The number of nitrogens with zero attached hydrogens (tertiary/aromatic N) is 3. The maximum absolute atomic E-state index is 12.5. The quantitative estimate of drug-likeness (QED) is 0.743. The molecule has 1 aromatic carbocycles. The molecule has 0 atom stereocenters. The van der Waals surface area contributed by atoms with E-state index in [1.54, 1.807) is 11.4 Å². The summed E-state index contributed by atoms with van der Waals surface area (Å²) in [6, 6.07) is 5.73. The minimum atomic E-state index is -4.79. The van der Waals surface area contributed by atoms with Crippen molar-refractivity contribution in [3.63, 3.8) is 0 Å². The highest BCUT2D eigenvalue weighted by Crippen LogP contribution is 2.34. The largest absolute Gasteiger partial charge is 0.573 e. The van der Waals surface area contributed by atoms with Gasteiger partial charge in [-0.1, -0.05) is 12.1 Å². The fraction of sp³-hybridized carbons (Fsp3) is 0.133. The van der Waals surface area contributed by atoms with Gasteiger partial charge in [0.15, 0.2) is 0 Å². The van der Waals surface area contributed by atoms with Crippen molar-refractivity contribution in [2.75, 3.05) is 0 Å². The fourth-order valence-corrected chi connectivity index (χ4v) is 2.88. The molecule has 2 aromatic heterocycles. The Labute approximate surface area is 143 Å². The second-order valence-corrected chi connectivity index (χ2v) is 5.84. The number of alkyl halides is 3. The number of aromatic carboxylic acids is 1. The predicted molar refractivity (Wildman–Crippen MR) is 82.5 cm³/mol. The lowest BCUT2D eigenvalue weighted by atomic mass is 10.1. The number of hydrogen-bond acceptors (Lipinski definition) is 5. The number of para-hydroxylation sites is 1. The third kappa shape index (κ3) is 4.15. The van der Waals surface area contributed by atoms with Crippen molar-refractivity contribution in [1.82, 2.24) is 14.8 Å². The van der Waals surface area contributed by atoms with Crippen molar-refractivity contribution in [2.45, 2.75) is 12.9 Å². The van der Waals surface area contributed by atoms with E-state index in [1.807, 2.05) is 0 Å². The molecule has 0 saturated carbocycles. The van der Waals surface area contributed by atoms with Crippen molar-refractivity contribution in [3.8, 4) is 17.0 Å². The van der Waals surface area contributed by atoms with Crippen molar-refractivity contribution >= 4 is 17.3 Å². The van der Waals surface area contributed by atoms with Crippen LogP contribution in [0.1, 0.15) is 15.4 Å². The van der Waals surface area contributed by atoms with Gasteiger partial charge in [0.25, 0.3) is 0 Å². The fourth-order valence-electron chi connectivity index (χ4n) is 2.10. The van der Waals surface area contributed by atoms with Crippen LogP contribution < -0.4 is 4.74 Å². The van der Waals surface area contributed by atoms with Crippen LogP contribution in [0.3, 0.4) is 0 Å². The maximum Gasteiger partial charge on any atom is 0.573 e. The van der Waals surface area contributed by atoms with Gasteiger partial charge in [0, 0.05) is 17.1 Å². The molecule has 0 bridgehead atoms. The van der Waals surface area contributed by atoms with Crippen molar-refractivity contribution < 1.29 is 27.8 Å². The number of thiazole rings is 1. The molecule has 1 N–H and O–H groups in total. The molecule has 6 nitrogen and oxygen atoms in total. The zero-order valence-electron chi connectivity index (χ0n) is 12.4. The summed E-state index contributed by atoms with van der Waals surface area (Å²) in [7, 11) is 0. The number of carboxylic acids is 1. The van der Waals surface area contributed by atoms with Gasteiger partial charge in [0.1, 0.15) is 10.8 Å². The summed E-state index contributed by atoms with van der Waals surface area (Å²) in [4.78, 5) is 15.1. The Hall–Kier alpha value is -2.88. The molecule has 0 fully saturated rings. The third-order valence-electron chi connectivity index (χ3n) is 3.12. The summed E-state index contributed by atoms with van der Waals surface area (Å²) in [5, 5.41) is 15.0. The molecule has 0 amide bonds. The normalized spacial score (nSPS) is 11.5. The Balaban J connectivity index is 1.83. The van der Waals surface area contributed by atoms with E-state index in [9.17, 15) is 18.0 Å². The van der Waals surface area contributed by atoms with E-state index in [1.165, 1.54) is 46.6 Å². The zero-order chi connectivity index (χ0) is 18.0. The Bertz CT molecular complexity index is 905. The van der Waals surface area contributed by atoms with Gasteiger partial charge in [0.2, 0.25) is 0 Å². The van der Waals surface area contributed by atoms with Crippen LogP contribution in [-0.2, 0) is 6.54 Å². The molecule has 2 heterocycles. The molecule has 3 aromatic rings. The van der Waals surface area contributed by atoms with Gasteiger partial charge in [-0.15, -0.1) is 24.5 Å². The molecule has 25 heavy (non-hydrogen) atoms. The first-order chi connectivity index (χ1) is 11.8. The highest BCUT2D eigenvalue weighted by molar-refractivity contribution is 7.09. The van der Waals surface area contributed by atoms with Gasteiger partial charge in [-0.05, 0) is 12.1 Å². The molecule has 0 spiro atoms. The van der Waals surface area contributed by atoms with E-state index in [2.05, 4.69) is 14.8 Å². The first kappa shape index (κ1) is 17.0. The zero-order valence-corrected chi connectivity index (χ0v) is 13.2. The van der Waals surface area contributed by atoms with Crippen molar-refractivity contribution in [3.05, 3.63) is 52.6 Å². The standard InChI is InChI=1S/C15H10F3N3O3S/c16-15(17,18)24-12-4-2-1-3-10(12)11-8-25-13(20-11)7-21-6-9(5-19-21)14(22)23/h1-6,8H,7H2,(H,22,23). The number of rotatable bonds is 5. The molecule has 10 heteroatoms. The Morgan fingerprint density at radius 3 is 2.76 bits per heavy atom. The molecule has 0 saturated heterocycles. The lowest BCUT2D eigenvalue weighted by Gasteiger charge is -2.11. The van der Waals surface area contributed by atoms with Crippen LogP contribution >= 0.6 is 11.3 Å². The molecule has 130 valence electrons. The van der Waals surface area contributed by atoms with Crippen LogP contribution in [-0.4, -0.2) is 32.2 Å². The number of carboxylic acid groups (broad SMARTS) is 1. The van der Waals surface area contributed by atoms with Gasteiger partial charge in [-0.25, -0.2) is 9.78 Å². The van der Waals surface area contributed by atoms with Crippen LogP contribution in [0.25, 0.3) is 11.3 Å². The second-order valence-electron chi connectivity index (χ2n) is 4.90. The van der Waals surface area contributed by atoms with Gasteiger partial charge in [-0.3, -0.25) is 4.68 Å². The third-order valence-corrected chi connectivity index (χ3v) is 3.95. The minimum absolute atomic E-state index is 0.0423. The lowest BCUT2D eigenvalue weighted by molar-refractivity contribution is -0.274. The molecule has 3 rings (SSSR count). The van der Waals surface area contributed by atoms with Crippen molar-refractivity contribution in [1.29, 1.82) is 0 Å². The van der Waals surface area contributed by atoms with Gasteiger partial charge in [0.05, 0.1) is 24.0 Å². The Kier molecular flexibility index (Phi) is 4.45. The predicted octanol–water partition coefficient (Wildman–Crippen LogP) is 3.65. The molecule has 0 unspecified atom stereocenters. The van der Waals surface area contributed by atoms with Crippen LogP contribution in [0.15, 0.2) is 42.0 Å². The van der Waals surface area contributed by atoms with Crippen LogP contribution in [0.2, 0.25) is 0 Å². The highest BCUT2D eigenvalue weighted by Gasteiger charge is 2.32. The van der Waals surface area contributed by atoms with Gasteiger partial charge < -0.3 is 9.84 Å². The topological polar surface area (TPSA) is 77.2 Å². The van der Waals surface area contributed by atoms with Gasteiger partial charge in [-0.2, -0.15) is 5.10 Å². The second kappa shape index (κ2) is 6.55. The number of hydrogen-bond donors (Lipinski definition) is 1. The molecule has 0 aliphatic heterocycles. The number of halogens is 3. The smallest absolute Gasteiger partial charge is 0.478 e. The number of benzene rings is 1. The summed E-state index contributed by atoms with van der Waals surface area (Å²) < 4.78 is 42.9. The minimum Gasteiger partial charge on any atom is -0.478 e. The van der Waals surface area contributed by atoms with E-state index in [-0.39, 0.29) is 23.4 Å². The molecule has 0 radical (unpaired) electrons. The van der Waals surface area contributed by atoms with Gasteiger partial charge >= 0.3 is 12.3 Å². The van der Waals surface area contributed by atoms with Crippen molar-refractivity contribution in [2.24, 2.45) is 0 Å². The Morgan fingerprint density at radius 1 is 1.32 bits per heavy atom. The average Bonchev–Trinajstić information content (AvgIpc) is 3.16. The van der Waals surface area contributed by atoms with E-state index in [0.717, 1.165) is 0 Å². The summed E-state index contributed by atoms with van der Waals surface area (Å²) in [5.41, 5.74) is 0.597. The highest BCUT2D eigenvalue weighted by atomic mass is 32.1. The monoisotopic (exact) mass is 369 g/mol. The molecular formula is C15H10F3N3O3S. The molecular weight excluding hydrogens is 359 g/mol. The number of ether oxygens (including phenoxy) is 1. The first-order valence-electron chi connectivity index (χ1n) is 6.87. The SMILES string of the molecule is O=C(O)c1cnn(Cc2nc(-c3ccccc3OC(F)(F)F)cs2)c1. The Morgan fingerprint density at radius 2 is 2.08 bits per heavy atom.